The van der Waals surface area contributed by atoms with Crippen molar-refractivity contribution in [3.8, 4) is 0 Å². The van der Waals surface area contributed by atoms with Crippen LogP contribution >= 0.6 is 15.9 Å². The molecular formula is C8H13BrN4O. The Hall–Kier alpha value is -0.910. The van der Waals surface area contributed by atoms with Gasteiger partial charge in [0.25, 0.3) is 0 Å². The summed E-state index contributed by atoms with van der Waals surface area (Å²) in [5.41, 5.74) is 0. The molecule has 5 nitrogen and oxygen atoms in total. The highest BCUT2D eigenvalue weighted by Gasteiger charge is 2.23. The van der Waals surface area contributed by atoms with E-state index in [1.807, 2.05) is 6.92 Å². The number of aromatic nitrogens is 3. The van der Waals surface area contributed by atoms with Gasteiger partial charge >= 0.3 is 0 Å². The number of H-pyrrole nitrogens is 1. The Bertz CT molecular complexity index is 328. The van der Waals surface area contributed by atoms with Crippen LogP contribution in [0, 0.1) is 6.92 Å². The second-order valence-electron chi connectivity index (χ2n) is 3.49. The standard InChI is InChI=1S/C8H13BrN4O/c1-5-11-6(13-12-5)4-10-7(14)8(2,3)9/h4H2,1-3H3,(H,10,14)(H,11,12,13). The quantitative estimate of drug-likeness (QED) is 0.794. The van der Waals surface area contributed by atoms with Crippen LogP contribution in [0.1, 0.15) is 25.5 Å². The molecule has 2 N–H and O–H groups in total. The molecule has 0 fully saturated rings. The van der Waals surface area contributed by atoms with E-state index in [9.17, 15) is 4.79 Å². The van der Waals surface area contributed by atoms with E-state index in [1.165, 1.54) is 0 Å². The summed E-state index contributed by atoms with van der Waals surface area (Å²) in [6.07, 6.45) is 0. The van der Waals surface area contributed by atoms with E-state index in [0.717, 1.165) is 5.82 Å². The zero-order valence-electron chi connectivity index (χ0n) is 8.39. The molecule has 0 saturated carbocycles. The van der Waals surface area contributed by atoms with Crippen LogP contribution in [0.3, 0.4) is 0 Å². The topological polar surface area (TPSA) is 70.7 Å². The number of carbonyl (C=O) groups excluding carboxylic acids is 1. The van der Waals surface area contributed by atoms with E-state index in [2.05, 4.69) is 36.4 Å². The predicted molar refractivity (Wildman–Crippen MR) is 56.0 cm³/mol. The van der Waals surface area contributed by atoms with Gasteiger partial charge < -0.3 is 5.32 Å². The first-order chi connectivity index (χ1) is 6.39. The number of amides is 1. The number of aromatic amines is 1. The van der Waals surface area contributed by atoms with Gasteiger partial charge in [-0.1, -0.05) is 15.9 Å². The first-order valence-electron chi connectivity index (χ1n) is 4.24. The maximum absolute atomic E-state index is 11.4. The Labute approximate surface area is 90.8 Å². The zero-order valence-corrected chi connectivity index (χ0v) is 9.97. The summed E-state index contributed by atoms with van der Waals surface area (Å²) in [6.45, 7) is 5.72. The summed E-state index contributed by atoms with van der Waals surface area (Å²) in [7, 11) is 0. The van der Waals surface area contributed by atoms with Gasteiger partial charge in [-0.05, 0) is 20.8 Å². The largest absolute Gasteiger partial charge is 0.348 e. The van der Waals surface area contributed by atoms with Crippen LogP contribution in [-0.4, -0.2) is 25.4 Å². The van der Waals surface area contributed by atoms with Gasteiger partial charge in [-0.2, -0.15) is 5.10 Å². The Kier molecular flexibility index (Phi) is 3.25. The van der Waals surface area contributed by atoms with Crippen molar-refractivity contribution in [3.05, 3.63) is 11.6 Å². The molecule has 78 valence electrons. The Morgan fingerprint density at radius 3 is 2.71 bits per heavy atom. The number of aryl methyl sites for hydroxylation is 1. The number of halogens is 1. The van der Waals surface area contributed by atoms with Crippen LogP contribution in [0.15, 0.2) is 0 Å². The minimum absolute atomic E-state index is 0.0834. The second kappa shape index (κ2) is 4.08. The number of hydrogen-bond donors (Lipinski definition) is 2. The van der Waals surface area contributed by atoms with Gasteiger partial charge in [0, 0.05) is 0 Å². The highest BCUT2D eigenvalue weighted by Crippen LogP contribution is 2.15. The molecule has 0 aromatic carbocycles. The Morgan fingerprint density at radius 2 is 2.29 bits per heavy atom. The van der Waals surface area contributed by atoms with Gasteiger partial charge in [-0.15, -0.1) is 0 Å². The molecule has 0 saturated heterocycles. The number of alkyl halides is 1. The molecule has 1 heterocycles. The highest BCUT2D eigenvalue weighted by molar-refractivity contribution is 9.10. The molecule has 0 bridgehead atoms. The van der Waals surface area contributed by atoms with Crippen molar-refractivity contribution in [2.75, 3.05) is 0 Å². The van der Waals surface area contributed by atoms with E-state index < -0.39 is 4.32 Å². The van der Waals surface area contributed by atoms with Crippen molar-refractivity contribution in [1.82, 2.24) is 20.5 Å². The summed E-state index contributed by atoms with van der Waals surface area (Å²) in [6, 6.07) is 0. The molecule has 0 aliphatic carbocycles. The second-order valence-corrected chi connectivity index (χ2v) is 5.47. The third-order valence-electron chi connectivity index (χ3n) is 1.59. The van der Waals surface area contributed by atoms with Gasteiger partial charge in [-0.3, -0.25) is 9.89 Å². The van der Waals surface area contributed by atoms with E-state index in [-0.39, 0.29) is 5.91 Å². The summed E-state index contributed by atoms with van der Waals surface area (Å²) >= 11 is 3.26. The molecule has 6 heteroatoms. The minimum atomic E-state index is -0.557. The van der Waals surface area contributed by atoms with E-state index in [4.69, 9.17) is 0 Å². The van der Waals surface area contributed by atoms with Gasteiger partial charge in [0.15, 0.2) is 5.82 Å². The SMILES string of the molecule is Cc1nc(CNC(=O)C(C)(C)Br)n[nH]1. The first kappa shape index (κ1) is 11.2. The lowest BCUT2D eigenvalue weighted by Crippen LogP contribution is -2.37. The maximum atomic E-state index is 11.4. The van der Waals surface area contributed by atoms with Crippen LogP contribution < -0.4 is 5.32 Å². The lowest BCUT2D eigenvalue weighted by atomic mass is 10.2. The summed E-state index contributed by atoms with van der Waals surface area (Å²) < 4.78 is -0.557. The lowest BCUT2D eigenvalue weighted by Gasteiger charge is -2.14. The van der Waals surface area contributed by atoms with E-state index in [0.29, 0.717) is 12.4 Å². The third-order valence-corrected chi connectivity index (χ3v) is 1.95. The molecular weight excluding hydrogens is 248 g/mol. The van der Waals surface area contributed by atoms with Gasteiger partial charge in [0.05, 0.1) is 10.9 Å². The molecule has 1 aromatic heterocycles. The third kappa shape index (κ3) is 3.10. The molecule has 1 aromatic rings. The van der Waals surface area contributed by atoms with Crippen LogP contribution in [0.2, 0.25) is 0 Å². The smallest absolute Gasteiger partial charge is 0.236 e. The van der Waals surface area contributed by atoms with Crippen molar-refractivity contribution in [2.24, 2.45) is 0 Å². The van der Waals surface area contributed by atoms with Crippen molar-refractivity contribution in [3.63, 3.8) is 0 Å². The van der Waals surface area contributed by atoms with Crippen LogP contribution in [0.25, 0.3) is 0 Å². The summed E-state index contributed by atoms with van der Waals surface area (Å²) in [5, 5.41) is 9.33. The molecule has 0 atom stereocenters. The number of rotatable bonds is 3. The fourth-order valence-corrected chi connectivity index (χ4v) is 0.978. The number of hydrogen-bond acceptors (Lipinski definition) is 3. The highest BCUT2D eigenvalue weighted by atomic mass is 79.9. The van der Waals surface area contributed by atoms with Gasteiger partial charge in [-0.25, -0.2) is 4.98 Å². The van der Waals surface area contributed by atoms with Crippen molar-refractivity contribution in [2.45, 2.75) is 31.6 Å². The molecule has 1 amide bonds. The van der Waals surface area contributed by atoms with Crippen molar-refractivity contribution < 1.29 is 4.79 Å². The normalized spacial score (nSPS) is 11.4. The Morgan fingerprint density at radius 1 is 1.64 bits per heavy atom. The van der Waals surface area contributed by atoms with Crippen molar-refractivity contribution in [1.29, 1.82) is 0 Å². The fraction of sp³-hybridized carbons (Fsp3) is 0.625. The molecule has 0 unspecified atom stereocenters. The van der Waals surface area contributed by atoms with Gasteiger partial charge in [0.1, 0.15) is 5.82 Å². The fourth-order valence-electron chi connectivity index (χ4n) is 0.838. The molecule has 14 heavy (non-hydrogen) atoms. The number of nitrogens with one attached hydrogen (secondary N) is 2. The monoisotopic (exact) mass is 260 g/mol. The van der Waals surface area contributed by atoms with E-state index in [1.54, 1.807) is 13.8 Å². The average molecular weight is 261 g/mol. The summed E-state index contributed by atoms with van der Waals surface area (Å²) in [5.74, 6) is 1.25. The average Bonchev–Trinajstić information content (AvgIpc) is 2.45. The maximum Gasteiger partial charge on any atom is 0.236 e. The predicted octanol–water partition coefficient (Wildman–Crippen LogP) is 0.903. The molecule has 0 radical (unpaired) electrons. The van der Waals surface area contributed by atoms with E-state index >= 15 is 0 Å². The van der Waals surface area contributed by atoms with Crippen LogP contribution in [-0.2, 0) is 11.3 Å². The first-order valence-corrected chi connectivity index (χ1v) is 5.04. The Balaban J connectivity index is 2.46. The zero-order chi connectivity index (χ0) is 10.8. The lowest BCUT2D eigenvalue weighted by molar-refractivity contribution is -0.122. The molecule has 0 aliphatic rings. The molecule has 0 aliphatic heterocycles. The van der Waals surface area contributed by atoms with Gasteiger partial charge in [0.2, 0.25) is 5.91 Å². The summed E-state index contributed by atoms with van der Waals surface area (Å²) in [4.78, 5) is 15.5. The van der Waals surface area contributed by atoms with Crippen LogP contribution in [0.4, 0.5) is 0 Å². The van der Waals surface area contributed by atoms with Crippen molar-refractivity contribution >= 4 is 21.8 Å². The van der Waals surface area contributed by atoms with Crippen LogP contribution in [0.5, 0.6) is 0 Å². The number of carbonyl (C=O) groups is 1. The molecule has 1 rings (SSSR count). The molecule has 0 spiro atoms. The minimum Gasteiger partial charge on any atom is -0.348 e. The number of nitrogens with zero attached hydrogens (tertiary/aromatic N) is 2.